The molecule has 130 valence electrons. The zero-order valence-corrected chi connectivity index (χ0v) is 13.3. The van der Waals surface area contributed by atoms with E-state index in [2.05, 4.69) is 0 Å². The van der Waals surface area contributed by atoms with Gasteiger partial charge in [0.2, 0.25) is 0 Å². The second kappa shape index (κ2) is 7.73. The van der Waals surface area contributed by atoms with Crippen LogP contribution in [0.25, 0.3) is 6.08 Å². The quantitative estimate of drug-likeness (QED) is 0.345. The van der Waals surface area contributed by atoms with Crippen LogP contribution in [0.4, 0.5) is 5.88 Å². The molecule has 1 saturated heterocycles. The standard InChI is InChI=1S/C15H18N2O7/c1-10-7-16(8-11(2)23-10)13(18)9-22-15(19)6-4-12-3-5-14(24-12)17(20)21/h3-6,10-11H,7-9H2,1-2H3/b6-4+/t10-,11-/m0/s1. The number of hydrogen-bond donors (Lipinski definition) is 0. The first-order valence-electron chi connectivity index (χ1n) is 7.37. The predicted octanol–water partition coefficient (Wildman–Crippen LogP) is 1.38. The van der Waals surface area contributed by atoms with Crippen LogP contribution < -0.4 is 0 Å². The third-order valence-corrected chi connectivity index (χ3v) is 3.29. The Morgan fingerprint density at radius 1 is 1.38 bits per heavy atom. The fourth-order valence-electron chi connectivity index (χ4n) is 2.33. The molecule has 0 aromatic carbocycles. The molecular weight excluding hydrogens is 320 g/mol. The van der Waals surface area contributed by atoms with Crippen LogP contribution in [-0.4, -0.2) is 53.6 Å². The first-order valence-corrected chi connectivity index (χ1v) is 7.37. The third-order valence-electron chi connectivity index (χ3n) is 3.29. The van der Waals surface area contributed by atoms with E-state index < -0.39 is 16.8 Å². The summed E-state index contributed by atoms with van der Waals surface area (Å²) in [7, 11) is 0. The Kier molecular flexibility index (Phi) is 5.69. The van der Waals surface area contributed by atoms with Crippen molar-refractivity contribution in [3.63, 3.8) is 0 Å². The highest BCUT2D eigenvalue weighted by Crippen LogP contribution is 2.16. The fourth-order valence-corrected chi connectivity index (χ4v) is 2.33. The Morgan fingerprint density at radius 2 is 2.04 bits per heavy atom. The van der Waals surface area contributed by atoms with E-state index in [9.17, 15) is 19.7 Å². The van der Waals surface area contributed by atoms with Crippen LogP contribution in [0, 0.1) is 10.1 Å². The highest BCUT2D eigenvalue weighted by Gasteiger charge is 2.26. The van der Waals surface area contributed by atoms with Gasteiger partial charge in [0.05, 0.1) is 18.3 Å². The van der Waals surface area contributed by atoms with E-state index in [-0.39, 0.29) is 30.5 Å². The van der Waals surface area contributed by atoms with Crippen molar-refractivity contribution in [2.24, 2.45) is 0 Å². The molecule has 0 spiro atoms. The van der Waals surface area contributed by atoms with Crippen LogP contribution >= 0.6 is 0 Å². The number of hydrogen-bond acceptors (Lipinski definition) is 7. The SMILES string of the molecule is C[C@H]1CN(C(=O)COC(=O)/C=C/c2ccc([N+](=O)[O-])o2)C[C@H](C)O1. The number of nitro groups is 1. The molecule has 0 radical (unpaired) electrons. The maximum Gasteiger partial charge on any atom is 0.433 e. The monoisotopic (exact) mass is 338 g/mol. The highest BCUT2D eigenvalue weighted by atomic mass is 16.6. The molecule has 9 heteroatoms. The van der Waals surface area contributed by atoms with Crippen LogP contribution in [0.3, 0.4) is 0 Å². The van der Waals surface area contributed by atoms with Gasteiger partial charge in [0.1, 0.15) is 10.7 Å². The van der Waals surface area contributed by atoms with E-state index in [4.69, 9.17) is 13.9 Å². The minimum absolute atomic E-state index is 0.0666. The Labute approximate surface area is 138 Å². The second-order valence-electron chi connectivity index (χ2n) is 5.43. The van der Waals surface area contributed by atoms with Crippen molar-refractivity contribution in [3.8, 4) is 0 Å². The van der Waals surface area contributed by atoms with Gasteiger partial charge in [0, 0.05) is 19.2 Å². The van der Waals surface area contributed by atoms with E-state index in [1.807, 2.05) is 13.8 Å². The van der Waals surface area contributed by atoms with Crippen LogP contribution in [-0.2, 0) is 19.1 Å². The van der Waals surface area contributed by atoms with Gasteiger partial charge in [0.25, 0.3) is 5.91 Å². The van der Waals surface area contributed by atoms with Gasteiger partial charge in [-0.2, -0.15) is 0 Å². The number of esters is 1. The first-order chi connectivity index (χ1) is 11.3. The van der Waals surface area contributed by atoms with Gasteiger partial charge in [-0.1, -0.05) is 0 Å². The van der Waals surface area contributed by atoms with Crippen molar-refractivity contribution in [1.29, 1.82) is 0 Å². The second-order valence-corrected chi connectivity index (χ2v) is 5.43. The van der Waals surface area contributed by atoms with Crippen molar-refractivity contribution in [3.05, 3.63) is 34.1 Å². The fraction of sp³-hybridized carbons (Fsp3) is 0.467. The number of amides is 1. The van der Waals surface area contributed by atoms with E-state index in [1.54, 1.807) is 4.90 Å². The predicted molar refractivity (Wildman–Crippen MR) is 81.9 cm³/mol. The van der Waals surface area contributed by atoms with Gasteiger partial charge in [-0.3, -0.25) is 14.9 Å². The van der Waals surface area contributed by atoms with Gasteiger partial charge < -0.3 is 18.8 Å². The number of rotatable bonds is 5. The van der Waals surface area contributed by atoms with Crippen molar-refractivity contribution in [2.45, 2.75) is 26.1 Å². The van der Waals surface area contributed by atoms with E-state index in [0.29, 0.717) is 13.1 Å². The van der Waals surface area contributed by atoms with Crippen molar-refractivity contribution < 1.29 is 28.4 Å². The smallest absolute Gasteiger partial charge is 0.433 e. The molecule has 2 heterocycles. The van der Waals surface area contributed by atoms with Crippen LogP contribution in [0.2, 0.25) is 0 Å². The summed E-state index contributed by atoms with van der Waals surface area (Å²) >= 11 is 0. The number of carbonyl (C=O) groups is 2. The molecule has 1 aromatic heterocycles. The largest absolute Gasteiger partial charge is 0.452 e. The Hall–Kier alpha value is -2.68. The van der Waals surface area contributed by atoms with Crippen molar-refractivity contribution in [2.75, 3.05) is 19.7 Å². The summed E-state index contributed by atoms with van der Waals surface area (Å²) in [4.78, 5) is 35.0. The van der Waals surface area contributed by atoms with Gasteiger partial charge in [-0.25, -0.2) is 4.79 Å². The Balaban J connectivity index is 1.80. The lowest BCUT2D eigenvalue weighted by atomic mass is 10.2. The zero-order valence-electron chi connectivity index (χ0n) is 13.3. The van der Waals surface area contributed by atoms with Gasteiger partial charge in [-0.15, -0.1) is 0 Å². The molecule has 0 unspecified atom stereocenters. The minimum Gasteiger partial charge on any atom is -0.452 e. The molecule has 0 N–H and O–H groups in total. The van der Waals surface area contributed by atoms with Crippen LogP contribution in [0.5, 0.6) is 0 Å². The maximum atomic E-state index is 12.0. The number of carbonyl (C=O) groups excluding carboxylic acids is 2. The summed E-state index contributed by atoms with van der Waals surface area (Å²) in [6.07, 6.45) is 2.14. The number of nitrogens with zero attached hydrogens (tertiary/aromatic N) is 2. The first kappa shape index (κ1) is 17.7. The molecular formula is C15H18N2O7. The molecule has 1 aromatic rings. The normalized spacial score (nSPS) is 21.0. The van der Waals surface area contributed by atoms with Crippen LogP contribution in [0.15, 0.2) is 22.6 Å². The summed E-state index contributed by atoms with van der Waals surface area (Å²) in [5, 5.41) is 10.5. The van der Waals surface area contributed by atoms with Gasteiger partial charge in [-0.05, 0) is 26.0 Å². The van der Waals surface area contributed by atoms with Gasteiger partial charge in [0.15, 0.2) is 6.61 Å². The minimum atomic E-state index is -0.739. The van der Waals surface area contributed by atoms with Crippen LogP contribution in [0.1, 0.15) is 19.6 Å². The lowest BCUT2D eigenvalue weighted by molar-refractivity contribution is -0.402. The summed E-state index contributed by atoms with van der Waals surface area (Å²) in [6, 6.07) is 2.53. The lowest BCUT2D eigenvalue weighted by Crippen LogP contribution is -2.49. The van der Waals surface area contributed by atoms with Crippen molar-refractivity contribution in [1.82, 2.24) is 4.90 Å². The summed E-state index contributed by atoms with van der Waals surface area (Å²) in [5.41, 5.74) is 0. The molecule has 1 amide bonds. The molecule has 1 aliphatic heterocycles. The van der Waals surface area contributed by atoms with Crippen molar-refractivity contribution >= 4 is 23.8 Å². The molecule has 0 saturated carbocycles. The Bertz CT molecular complexity index is 642. The Morgan fingerprint density at radius 3 is 2.62 bits per heavy atom. The molecule has 2 rings (SSSR count). The molecule has 0 bridgehead atoms. The highest BCUT2D eigenvalue weighted by molar-refractivity contribution is 5.89. The molecule has 9 nitrogen and oxygen atoms in total. The third kappa shape index (κ3) is 4.92. The number of morpholine rings is 1. The average Bonchev–Trinajstić information content (AvgIpc) is 2.98. The topological polar surface area (TPSA) is 112 Å². The molecule has 1 aliphatic rings. The average molecular weight is 338 g/mol. The molecule has 0 aliphatic carbocycles. The molecule has 24 heavy (non-hydrogen) atoms. The maximum absolute atomic E-state index is 12.0. The number of furan rings is 1. The molecule has 2 atom stereocenters. The van der Waals surface area contributed by atoms with E-state index in [0.717, 1.165) is 6.08 Å². The summed E-state index contributed by atoms with van der Waals surface area (Å²) in [5.74, 6) is -1.32. The van der Waals surface area contributed by atoms with E-state index in [1.165, 1.54) is 18.2 Å². The lowest BCUT2D eigenvalue weighted by Gasteiger charge is -2.35. The summed E-state index contributed by atoms with van der Waals surface area (Å²) in [6.45, 7) is 4.26. The summed E-state index contributed by atoms with van der Waals surface area (Å²) < 4.78 is 15.3. The number of ether oxygens (including phenoxy) is 2. The van der Waals surface area contributed by atoms with E-state index >= 15 is 0 Å². The zero-order chi connectivity index (χ0) is 17.7. The van der Waals surface area contributed by atoms with Gasteiger partial charge >= 0.3 is 11.9 Å². The molecule has 1 fully saturated rings.